The third-order valence-corrected chi connectivity index (χ3v) is 11.1. The number of para-hydroxylation sites is 1. The molecule has 3 heteroatoms. The Morgan fingerprint density at radius 3 is 1.54 bits per heavy atom. The number of furan rings is 1. The van der Waals surface area contributed by atoms with Crippen LogP contribution in [0.4, 0.5) is 34.1 Å². The number of rotatable bonds is 7. The maximum absolute atomic E-state index is 6.97. The Bertz CT molecular complexity index is 3260. The number of hydrogen-bond acceptors (Lipinski definition) is 3. The average Bonchev–Trinajstić information content (AvgIpc) is 3.67. The molecule has 0 spiro atoms. The van der Waals surface area contributed by atoms with E-state index in [0.29, 0.717) is 0 Å². The van der Waals surface area contributed by atoms with E-state index >= 15 is 0 Å². The van der Waals surface area contributed by atoms with Crippen LogP contribution in [-0.4, -0.2) is 0 Å². The minimum Gasteiger partial charge on any atom is -0.456 e. The van der Waals surface area contributed by atoms with Gasteiger partial charge in [0.15, 0.2) is 0 Å². The molecule has 0 aliphatic rings. The van der Waals surface area contributed by atoms with Crippen LogP contribution in [0.2, 0.25) is 0 Å². The second-order valence-electron chi connectivity index (χ2n) is 14.6. The third-order valence-electron chi connectivity index (χ3n) is 11.1. The van der Waals surface area contributed by atoms with Crippen molar-refractivity contribution in [2.45, 2.75) is 0 Å². The Morgan fingerprint density at radius 2 is 0.825 bits per heavy atom. The number of nitrogens with zero attached hydrogens (tertiary/aromatic N) is 2. The minimum atomic E-state index is 0.820. The molecule has 0 atom stereocenters. The van der Waals surface area contributed by atoms with Gasteiger partial charge in [-0.3, -0.25) is 0 Å². The summed E-state index contributed by atoms with van der Waals surface area (Å²) < 4.78 is 6.97. The zero-order valence-corrected chi connectivity index (χ0v) is 31.1. The molecule has 0 aliphatic heterocycles. The largest absolute Gasteiger partial charge is 0.456 e. The quantitative estimate of drug-likeness (QED) is 0.163. The van der Waals surface area contributed by atoms with E-state index in [1.54, 1.807) is 0 Å². The van der Waals surface area contributed by atoms with Crippen molar-refractivity contribution in [1.29, 1.82) is 0 Å². The molecule has 1 heterocycles. The van der Waals surface area contributed by atoms with E-state index in [9.17, 15) is 0 Å². The molecule has 3 nitrogen and oxygen atoms in total. The van der Waals surface area contributed by atoms with E-state index in [1.165, 1.54) is 32.5 Å². The first-order valence-electron chi connectivity index (χ1n) is 19.4. The first kappa shape index (κ1) is 32.8. The normalized spacial score (nSPS) is 11.5. The van der Waals surface area contributed by atoms with Gasteiger partial charge in [-0.1, -0.05) is 152 Å². The number of anilines is 6. The van der Waals surface area contributed by atoms with Crippen molar-refractivity contribution in [1.82, 2.24) is 0 Å². The van der Waals surface area contributed by atoms with Crippen LogP contribution in [-0.2, 0) is 0 Å². The Kier molecular flexibility index (Phi) is 7.82. The topological polar surface area (TPSA) is 19.6 Å². The highest BCUT2D eigenvalue weighted by molar-refractivity contribution is 6.24. The van der Waals surface area contributed by atoms with Crippen molar-refractivity contribution in [3.8, 4) is 11.1 Å². The highest BCUT2D eigenvalue weighted by Crippen LogP contribution is 2.49. The molecule has 10 aromatic carbocycles. The average molecular weight is 729 g/mol. The molecule has 0 saturated carbocycles. The van der Waals surface area contributed by atoms with Gasteiger partial charge in [-0.25, -0.2) is 0 Å². The van der Waals surface area contributed by atoms with Gasteiger partial charge in [-0.15, -0.1) is 0 Å². The smallest absolute Gasteiger partial charge is 0.139 e. The molecule has 57 heavy (non-hydrogen) atoms. The van der Waals surface area contributed by atoms with Crippen LogP contribution in [0.25, 0.3) is 65.4 Å². The molecule has 0 amide bonds. The van der Waals surface area contributed by atoms with Crippen molar-refractivity contribution < 1.29 is 4.42 Å². The zero-order valence-electron chi connectivity index (χ0n) is 31.1. The van der Waals surface area contributed by atoms with Gasteiger partial charge in [-0.05, 0) is 104 Å². The van der Waals surface area contributed by atoms with Gasteiger partial charge < -0.3 is 14.2 Å². The fourth-order valence-electron chi connectivity index (χ4n) is 8.48. The summed E-state index contributed by atoms with van der Waals surface area (Å²) in [6.07, 6.45) is 0. The predicted molar refractivity (Wildman–Crippen MR) is 241 cm³/mol. The Balaban J connectivity index is 1.24. The molecule has 1 aromatic heterocycles. The van der Waals surface area contributed by atoms with Gasteiger partial charge >= 0.3 is 0 Å². The number of hydrogen-bond donors (Lipinski definition) is 0. The van der Waals surface area contributed by atoms with E-state index in [-0.39, 0.29) is 0 Å². The van der Waals surface area contributed by atoms with Crippen molar-refractivity contribution in [2.75, 3.05) is 9.80 Å². The van der Waals surface area contributed by atoms with E-state index in [4.69, 9.17) is 4.42 Å². The van der Waals surface area contributed by atoms with Crippen LogP contribution < -0.4 is 9.80 Å². The molecule has 268 valence electrons. The van der Waals surface area contributed by atoms with Crippen molar-refractivity contribution in [2.24, 2.45) is 0 Å². The Morgan fingerprint density at radius 1 is 0.281 bits per heavy atom. The summed E-state index contributed by atoms with van der Waals surface area (Å²) in [5.74, 6) is 0. The van der Waals surface area contributed by atoms with E-state index < -0.39 is 0 Å². The first-order valence-corrected chi connectivity index (χ1v) is 19.4. The van der Waals surface area contributed by atoms with Gasteiger partial charge in [0.2, 0.25) is 0 Å². The van der Waals surface area contributed by atoms with Gasteiger partial charge in [-0.2, -0.15) is 0 Å². The zero-order chi connectivity index (χ0) is 37.7. The lowest BCUT2D eigenvalue weighted by Crippen LogP contribution is -2.13. The molecule has 0 bridgehead atoms. The molecule has 0 fully saturated rings. The van der Waals surface area contributed by atoms with Crippen LogP contribution in [0.3, 0.4) is 0 Å². The lowest BCUT2D eigenvalue weighted by molar-refractivity contribution is 0.669. The summed E-state index contributed by atoms with van der Waals surface area (Å²) in [6.45, 7) is 0. The SMILES string of the molecule is c1ccc(-c2cccc(N(c3ccc4ccccc4c3)c3cc(N(c4ccccc4)c4ccc5ccccc5c4)c4c(c3)oc3ccc5ccccc5c34)c2)cc1. The summed E-state index contributed by atoms with van der Waals surface area (Å²) in [5.41, 5.74) is 10.3. The van der Waals surface area contributed by atoms with Gasteiger partial charge in [0, 0.05) is 34.2 Å². The van der Waals surface area contributed by atoms with Crippen molar-refractivity contribution >= 4 is 88.4 Å². The Labute approximate surface area is 330 Å². The molecule has 0 saturated heterocycles. The molecular formula is C54H36N2O. The van der Waals surface area contributed by atoms with Crippen LogP contribution in [0.1, 0.15) is 0 Å². The van der Waals surface area contributed by atoms with Crippen molar-refractivity contribution in [3.63, 3.8) is 0 Å². The monoisotopic (exact) mass is 728 g/mol. The summed E-state index contributed by atoms with van der Waals surface area (Å²) in [4.78, 5) is 4.77. The van der Waals surface area contributed by atoms with Gasteiger partial charge in [0.1, 0.15) is 11.2 Å². The number of fused-ring (bicyclic) bond motifs is 7. The van der Waals surface area contributed by atoms with E-state index in [1.807, 2.05) is 0 Å². The van der Waals surface area contributed by atoms with Crippen LogP contribution in [0.5, 0.6) is 0 Å². The lowest BCUT2D eigenvalue weighted by atomic mass is 10.00. The molecule has 0 radical (unpaired) electrons. The molecular weight excluding hydrogens is 693 g/mol. The standard InChI is InChI=1S/C54H36N2O/c1-3-14-37(15-4-1)43-21-13-24-45(32-43)55(46-29-26-38-16-7-9-19-41(38)33-46)48-35-50(54-52(36-48)57-51-31-28-40-18-11-12-25-49(40)53(51)54)56(44-22-5-2-6-23-44)47-30-27-39-17-8-10-20-42(39)34-47/h1-36H. The summed E-state index contributed by atoms with van der Waals surface area (Å²) in [6, 6.07) is 78.2. The maximum atomic E-state index is 6.97. The van der Waals surface area contributed by atoms with Crippen LogP contribution in [0.15, 0.2) is 223 Å². The molecule has 11 aromatic rings. The summed E-state index contributed by atoms with van der Waals surface area (Å²) in [5, 5.41) is 9.28. The second-order valence-corrected chi connectivity index (χ2v) is 14.6. The lowest BCUT2D eigenvalue weighted by Gasteiger charge is -2.30. The van der Waals surface area contributed by atoms with Gasteiger partial charge in [0.05, 0.1) is 16.8 Å². The van der Waals surface area contributed by atoms with Crippen LogP contribution in [0, 0.1) is 0 Å². The fourth-order valence-corrected chi connectivity index (χ4v) is 8.48. The third kappa shape index (κ3) is 5.76. The number of benzene rings is 10. The minimum absolute atomic E-state index is 0.820. The van der Waals surface area contributed by atoms with Crippen molar-refractivity contribution in [3.05, 3.63) is 218 Å². The van der Waals surface area contributed by atoms with Gasteiger partial charge in [0.25, 0.3) is 0 Å². The maximum Gasteiger partial charge on any atom is 0.139 e. The predicted octanol–water partition coefficient (Wildman–Crippen LogP) is 15.7. The van der Waals surface area contributed by atoms with E-state index in [0.717, 1.165) is 67.0 Å². The highest BCUT2D eigenvalue weighted by Gasteiger charge is 2.25. The Hall–Kier alpha value is -7.62. The highest BCUT2D eigenvalue weighted by atomic mass is 16.3. The fraction of sp³-hybridized carbons (Fsp3) is 0. The molecule has 0 aliphatic carbocycles. The first-order chi connectivity index (χ1) is 28.2. The van der Waals surface area contributed by atoms with Crippen LogP contribution >= 0.6 is 0 Å². The molecule has 11 rings (SSSR count). The second kappa shape index (κ2) is 13.6. The van der Waals surface area contributed by atoms with E-state index in [2.05, 4.69) is 228 Å². The summed E-state index contributed by atoms with van der Waals surface area (Å²) in [7, 11) is 0. The summed E-state index contributed by atoms with van der Waals surface area (Å²) >= 11 is 0. The molecule has 0 unspecified atom stereocenters. The molecule has 0 N–H and O–H groups in total.